The number of aryl methyl sites for hydroxylation is 1. The minimum Gasteiger partial charge on any atom is -0.331 e. The third kappa shape index (κ3) is 1.57. The summed E-state index contributed by atoms with van der Waals surface area (Å²) in [5.74, 6) is 0.573. The second-order valence-corrected chi connectivity index (χ2v) is 4.38. The van der Waals surface area contributed by atoms with Crippen LogP contribution in [0.3, 0.4) is 0 Å². The van der Waals surface area contributed by atoms with E-state index in [2.05, 4.69) is 26.6 Å². The Balaban J connectivity index is 2.18. The Morgan fingerprint density at radius 3 is 3.00 bits per heavy atom. The van der Waals surface area contributed by atoms with Gasteiger partial charge in [0, 0.05) is 35.3 Å². The van der Waals surface area contributed by atoms with Crippen LogP contribution in [0.4, 0.5) is 0 Å². The quantitative estimate of drug-likeness (QED) is 0.452. The van der Waals surface area contributed by atoms with E-state index in [0.717, 1.165) is 23.4 Å². The van der Waals surface area contributed by atoms with Crippen LogP contribution in [-0.2, 0) is 13.1 Å². The molecule has 0 aromatic carbocycles. The molecule has 1 aliphatic rings. The summed E-state index contributed by atoms with van der Waals surface area (Å²) >= 11 is 0. The number of hydrogen-bond donors (Lipinski definition) is 0. The summed E-state index contributed by atoms with van der Waals surface area (Å²) < 4.78 is 4.04. The molecule has 17 heavy (non-hydrogen) atoms. The van der Waals surface area contributed by atoms with Gasteiger partial charge >= 0.3 is 0 Å². The Bertz CT molecular complexity index is 597. The molecule has 88 valence electrons. The first-order chi connectivity index (χ1) is 8.35. The molecule has 0 spiro atoms. The second-order valence-electron chi connectivity index (χ2n) is 4.38. The molecule has 0 N–H and O–H groups in total. The SMILES string of the molecule is CCn1ccn2nc(C3CC3)c(CN=[N+]=[N-])c12. The van der Waals surface area contributed by atoms with Crippen LogP contribution in [0, 0.1) is 0 Å². The van der Waals surface area contributed by atoms with Crippen molar-refractivity contribution in [1.29, 1.82) is 0 Å². The van der Waals surface area contributed by atoms with Crippen molar-refractivity contribution in [2.75, 3.05) is 0 Å². The maximum atomic E-state index is 8.48. The van der Waals surface area contributed by atoms with Crippen LogP contribution < -0.4 is 0 Å². The Hall–Kier alpha value is -1.94. The van der Waals surface area contributed by atoms with Gasteiger partial charge in [-0.25, -0.2) is 4.52 Å². The van der Waals surface area contributed by atoms with E-state index in [1.165, 1.54) is 12.8 Å². The van der Waals surface area contributed by atoms with Crippen molar-refractivity contribution >= 4 is 5.65 Å². The van der Waals surface area contributed by atoms with Crippen molar-refractivity contribution in [3.63, 3.8) is 0 Å². The minimum atomic E-state index is 0.399. The maximum absolute atomic E-state index is 8.48. The molecule has 0 amide bonds. The van der Waals surface area contributed by atoms with E-state index in [1.54, 1.807) is 0 Å². The Kier molecular flexibility index (Phi) is 2.30. The molecule has 2 heterocycles. The van der Waals surface area contributed by atoms with Gasteiger partial charge in [-0.3, -0.25) is 0 Å². The highest BCUT2D eigenvalue weighted by molar-refractivity contribution is 5.53. The predicted octanol–water partition coefficient (Wildman–Crippen LogP) is 2.84. The zero-order valence-corrected chi connectivity index (χ0v) is 9.74. The number of hydrogen-bond acceptors (Lipinski definition) is 2. The van der Waals surface area contributed by atoms with E-state index >= 15 is 0 Å². The molecule has 2 aromatic rings. The average Bonchev–Trinajstić information content (AvgIpc) is 3.01. The average molecular weight is 230 g/mol. The number of fused-ring (bicyclic) bond motifs is 1. The summed E-state index contributed by atoms with van der Waals surface area (Å²) in [5, 5.41) is 8.31. The molecule has 6 heteroatoms. The summed E-state index contributed by atoms with van der Waals surface area (Å²) in [6.07, 6.45) is 6.38. The van der Waals surface area contributed by atoms with Gasteiger partial charge in [-0.1, -0.05) is 5.11 Å². The van der Waals surface area contributed by atoms with Crippen molar-refractivity contribution < 1.29 is 0 Å². The van der Waals surface area contributed by atoms with Gasteiger partial charge in [0.15, 0.2) is 0 Å². The summed E-state index contributed by atoms with van der Waals surface area (Å²) in [4.78, 5) is 2.86. The van der Waals surface area contributed by atoms with Crippen LogP contribution in [0.25, 0.3) is 16.1 Å². The van der Waals surface area contributed by atoms with Crippen molar-refractivity contribution in [3.8, 4) is 0 Å². The first-order valence-corrected chi connectivity index (χ1v) is 5.92. The number of nitrogens with zero attached hydrogens (tertiary/aromatic N) is 6. The Morgan fingerprint density at radius 2 is 2.35 bits per heavy atom. The van der Waals surface area contributed by atoms with Crippen LogP contribution in [0.15, 0.2) is 17.5 Å². The molecule has 0 aliphatic heterocycles. The van der Waals surface area contributed by atoms with Gasteiger partial charge in [-0.05, 0) is 25.3 Å². The van der Waals surface area contributed by atoms with Gasteiger partial charge in [0.1, 0.15) is 5.65 Å². The lowest BCUT2D eigenvalue weighted by Gasteiger charge is -2.01. The lowest BCUT2D eigenvalue weighted by atomic mass is 10.2. The van der Waals surface area contributed by atoms with Gasteiger partial charge in [0.2, 0.25) is 0 Å². The van der Waals surface area contributed by atoms with Gasteiger partial charge in [0.05, 0.1) is 12.2 Å². The number of rotatable bonds is 4. The third-order valence-corrected chi connectivity index (χ3v) is 3.27. The van der Waals surface area contributed by atoms with Gasteiger partial charge in [-0.2, -0.15) is 5.10 Å². The van der Waals surface area contributed by atoms with Crippen molar-refractivity contribution in [1.82, 2.24) is 14.2 Å². The first kappa shape index (κ1) is 10.2. The molecule has 0 atom stereocenters. The van der Waals surface area contributed by atoms with Gasteiger partial charge in [-0.15, -0.1) is 0 Å². The molecule has 0 bridgehead atoms. The van der Waals surface area contributed by atoms with E-state index in [9.17, 15) is 0 Å². The fourth-order valence-electron chi connectivity index (χ4n) is 2.29. The summed E-state index contributed by atoms with van der Waals surface area (Å²) in [6.45, 7) is 3.40. The van der Waals surface area contributed by atoms with E-state index in [4.69, 9.17) is 5.53 Å². The van der Waals surface area contributed by atoms with Crippen molar-refractivity contribution in [2.45, 2.75) is 38.8 Å². The Labute approximate surface area is 98.5 Å². The third-order valence-electron chi connectivity index (χ3n) is 3.27. The lowest BCUT2D eigenvalue weighted by Crippen LogP contribution is -1.95. The van der Waals surface area contributed by atoms with Crippen LogP contribution >= 0.6 is 0 Å². The topological polar surface area (TPSA) is 71.0 Å². The Morgan fingerprint density at radius 1 is 1.53 bits per heavy atom. The summed E-state index contributed by atoms with van der Waals surface area (Å²) in [6, 6.07) is 0. The molecule has 0 unspecified atom stereocenters. The highest BCUT2D eigenvalue weighted by Crippen LogP contribution is 2.42. The molecule has 1 fully saturated rings. The fraction of sp³-hybridized carbons (Fsp3) is 0.545. The first-order valence-electron chi connectivity index (χ1n) is 5.92. The number of aromatic nitrogens is 3. The summed E-state index contributed by atoms with van der Waals surface area (Å²) in [5.41, 5.74) is 11.8. The highest BCUT2D eigenvalue weighted by Gasteiger charge is 2.30. The monoisotopic (exact) mass is 230 g/mol. The van der Waals surface area contributed by atoms with Crippen molar-refractivity contribution in [3.05, 3.63) is 34.1 Å². The zero-order valence-electron chi connectivity index (χ0n) is 9.74. The predicted molar refractivity (Wildman–Crippen MR) is 63.7 cm³/mol. The maximum Gasteiger partial charge on any atom is 0.139 e. The fourth-order valence-corrected chi connectivity index (χ4v) is 2.29. The minimum absolute atomic E-state index is 0.399. The van der Waals surface area contributed by atoms with Gasteiger partial charge < -0.3 is 4.57 Å². The standard InChI is InChI=1S/C11H14N6/c1-2-16-5-6-17-11(16)9(7-13-15-12)10(14-17)8-3-4-8/h5-6,8H,2-4,7H2,1H3. The zero-order chi connectivity index (χ0) is 11.8. The molecule has 6 nitrogen and oxygen atoms in total. The summed E-state index contributed by atoms with van der Waals surface area (Å²) in [7, 11) is 0. The molecular formula is C11H14N6. The molecule has 0 radical (unpaired) electrons. The van der Waals surface area contributed by atoms with E-state index in [1.807, 2.05) is 16.9 Å². The van der Waals surface area contributed by atoms with Crippen molar-refractivity contribution in [2.24, 2.45) is 5.11 Å². The van der Waals surface area contributed by atoms with E-state index in [0.29, 0.717) is 12.5 Å². The largest absolute Gasteiger partial charge is 0.331 e. The molecule has 3 rings (SSSR count). The van der Waals surface area contributed by atoms with Crippen LogP contribution in [-0.4, -0.2) is 14.2 Å². The number of azide groups is 1. The number of imidazole rings is 1. The van der Waals surface area contributed by atoms with Crippen LogP contribution in [0.1, 0.15) is 36.9 Å². The lowest BCUT2D eigenvalue weighted by molar-refractivity contribution is 0.784. The molecule has 1 saturated carbocycles. The second kappa shape index (κ2) is 3.82. The van der Waals surface area contributed by atoms with Gasteiger partial charge in [0.25, 0.3) is 0 Å². The normalized spacial score (nSPS) is 15.1. The highest BCUT2D eigenvalue weighted by atomic mass is 15.3. The van der Waals surface area contributed by atoms with Crippen LogP contribution in [0.5, 0.6) is 0 Å². The molecular weight excluding hydrogens is 216 g/mol. The van der Waals surface area contributed by atoms with Crippen LogP contribution in [0.2, 0.25) is 0 Å². The smallest absolute Gasteiger partial charge is 0.139 e. The molecule has 2 aromatic heterocycles. The van der Waals surface area contributed by atoms with E-state index < -0.39 is 0 Å². The molecule has 1 aliphatic carbocycles. The molecule has 0 saturated heterocycles. The van der Waals surface area contributed by atoms with E-state index in [-0.39, 0.29) is 0 Å².